The summed E-state index contributed by atoms with van der Waals surface area (Å²) in [4.78, 5) is 4.86. The lowest BCUT2D eigenvalue weighted by molar-refractivity contribution is -0.145. The molecule has 1 aromatic rings. The molecule has 20 heavy (non-hydrogen) atoms. The smallest absolute Gasteiger partial charge is 0.182 e. The molecule has 1 saturated heterocycles. The fraction of sp³-hybridized carbons (Fsp3) is 0.500. The van der Waals surface area contributed by atoms with Gasteiger partial charge in [-0.2, -0.15) is 5.06 Å². The molecule has 1 aromatic carbocycles. The van der Waals surface area contributed by atoms with Crippen molar-refractivity contribution in [2.75, 3.05) is 19.5 Å². The van der Waals surface area contributed by atoms with E-state index in [9.17, 15) is 12.8 Å². The Morgan fingerprint density at radius 1 is 1.40 bits per heavy atom. The number of hydrogen-bond acceptors (Lipinski definition) is 4. The molecule has 0 spiro atoms. The van der Waals surface area contributed by atoms with E-state index in [-0.39, 0.29) is 17.4 Å². The number of halogens is 3. The fourth-order valence-electron chi connectivity index (χ4n) is 2.09. The average molecular weight is 342 g/mol. The lowest BCUT2D eigenvalue weighted by atomic mass is 9.98. The van der Waals surface area contributed by atoms with Crippen LogP contribution in [0.4, 0.5) is 4.39 Å². The van der Waals surface area contributed by atoms with Crippen molar-refractivity contribution in [1.29, 1.82) is 0 Å². The normalized spacial score (nSPS) is 24.4. The van der Waals surface area contributed by atoms with Crippen LogP contribution in [0.3, 0.4) is 0 Å². The molecular formula is C12H14Cl2FNO3S. The van der Waals surface area contributed by atoms with Crippen LogP contribution < -0.4 is 0 Å². The van der Waals surface area contributed by atoms with Gasteiger partial charge in [-0.25, -0.2) is 8.42 Å². The third kappa shape index (κ3) is 3.43. The van der Waals surface area contributed by atoms with E-state index in [0.717, 1.165) is 6.26 Å². The van der Waals surface area contributed by atoms with Crippen molar-refractivity contribution in [3.63, 3.8) is 0 Å². The van der Waals surface area contributed by atoms with Gasteiger partial charge in [0.25, 0.3) is 0 Å². The van der Waals surface area contributed by atoms with Crippen LogP contribution in [0, 0.1) is 5.92 Å². The second kappa shape index (κ2) is 6.15. The lowest BCUT2D eigenvalue weighted by Gasteiger charge is -2.17. The summed E-state index contributed by atoms with van der Waals surface area (Å²) in [7, 11) is -3.25. The number of hydroxylamine groups is 2. The van der Waals surface area contributed by atoms with Gasteiger partial charge in [0, 0.05) is 18.7 Å². The molecule has 0 amide bonds. The first-order valence-electron chi connectivity index (χ1n) is 5.90. The molecule has 1 aliphatic heterocycles. The van der Waals surface area contributed by atoms with Crippen molar-refractivity contribution in [2.24, 2.45) is 5.92 Å². The van der Waals surface area contributed by atoms with Gasteiger partial charge in [-0.1, -0.05) is 35.3 Å². The van der Waals surface area contributed by atoms with Gasteiger partial charge in [-0.05, 0) is 17.7 Å². The third-order valence-corrected chi connectivity index (χ3v) is 4.71. The molecule has 1 heterocycles. The second-order valence-corrected chi connectivity index (χ2v) is 7.72. The maximum absolute atomic E-state index is 13.1. The van der Waals surface area contributed by atoms with E-state index < -0.39 is 27.6 Å². The summed E-state index contributed by atoms with van der Waals surface area (Å²) in [6, 6.07) is 6.19. The molecule has 1 aliphatic rings. The van der Waals surface area contributed by atoms with Crippen molar-refractivity contribution in [2.45, 2.75) is 16.0 Å². The summed E-state index contributed by atoms with van der Waals surface area (Å²) in [5, 5.41) is 1.31. The molecular weight excluding hydrogens is 328 g/mol. The Labute approximate surface area is 127 Å². The molecule has 0 aromatic heterocycles. The van der Waals surface area contributed by atoms with Crippen molar-refractivity contribution in [3.8, 4) is 0 Å². The standard InChI is InChI=1S/C12H14Cl2FNO3S/c1-20(17,18)10-4-2-8(3-5-10)11-9(6-15)7-16(19-11)12(13)14/h2-5,9,11-12H,6-7H2,1H3/t9-,11+/m1/s1. The Hall–Kier alpha value is -0.400. The summed E-state index contributed by atoms with van der Waals surface area (Å²) in [6.45, 7) is -0.290. The predicted molar refractivity (Wildman–Crippen MR) is 75.0 cm³/mol. The van der Waals surface area contributed by atoms with Gasteiger partial charge < -0.3 is 0 Å². The average Bonchev–Trinajstić information content (AvgIpc) is 2.82. The molecule has 8 heteroatoms. The van der Waals surface area contributed by atoms with E-state index in [1.807, 2.05) is 0 Å². The van der Waals surface area contributed by atoms with Crippen LogP contribution in [-0.2, 0) is 14.7 Å². The molecule has 2 atom stereocenters. The Morgan fingerprint density at radius 3 is 2.45 bits per heavy atom. The first-order valence-corrected chi connectivity index (χ1v) is 8.67. The lowest BCUT2D eigenvalue weighted by Crippen LogP contribution is -2.23. The maximum Gasteiger partial charge on any atom is 0.182 e. The molecule has 0 bridgehead atoms. The molecule has 0 N–H and O–H groups in total. The van der Waals surface area contributed by atoms with E-state index in [1.165, 1.54) is 17.2 Å². The van der Waals surface area contributed by atoms with Crippen LogP contribution in [-0.4, -0.2) is 37.9 Å². The van der Waals surface area contributed by atoms with Gasteiger partial charge in [-0.3, -0.25) is 9.23 Å². The minimum atomic E-state index is -3.25. The maximum atomic E-state index is 13.1. The molecule has 0 unspecified atom stereocenters. The number of nitrogens with zero attached hydrogens (tertiary/aromatic N) is 1. The highest BCUT2D eigenvalue weighted by Gasteiger charge is 2.37. The Morgan fingerprint density at radius 2 is 2.00 bits per heavy atom. The molecule has 0 aliphatic carbocycles. The Kier molecular flexibility index (Phi) is 4.92. The molecule has 4 nitrogen and oxygen atoms in total. The van der Waals surface area contributed by atoms with Crippen LogP contribution >= 0.6 is 23.2 Å². The Balaban J connectivity index is 2.22. The quantitative estimate of drug-likeness (QED) is 0.624. The molecule has 1 fully saturated rings. The first-order chi connectivity index (χ1) is 9.32. The number of alkyl halides is 3. The van der Waals surface area contributed by atoms with Gasteiger partial charge >= 0.3 is 0 Å². The zero-order valence-electron chi connectivity index (χ0n) is 10.7. The zero-order valence-corrected chi connectivity index (χ0v) is 13.0. The first kappa shape index (κ1) is 16.0. The number of sulfone groups is 1. The molecule has 0 saturated carbocycles. The summed E-state index contributed by atoms with van der Waals surface area (Å²) >= 11 is 11.4. The van der Waals surface area contributed by atoms with Crippen LogP contribution in [0.25, 0.3) is 0 Å². The minimum absolute atomic E-state index is 0.209. The van der Waals surface area contributed by atoms with E-state index in [4.69, 9.17) is 28.0 Å². The molecule has 112 valence electrons. The third-order valence-electron chi connectivity index (χ3n) is 3.14. The van der Waals surface area contributed by atoms with Crippen LogP contribution in [0.5, 0.6) is 0 Å². The highest BCUT2D eigenvalue weighted by Crippen LogP contribution is 2.36. The minimum Gasteiger partial charge on any atom is -0.288 e. The van der Waals surface area contributed by atoms with Gasteiger partial charge in [0.2, 0.25) is 0 Å². The summed E-state index contributed by atoms with van der Waals surface area (Å²) in [5.74, 6) is -0.390. The number of hydrogen-bond donors (Lipinski definition) is 0. The SMILES string of the molecule is CS(=O)(=O)c1ccc([C@@H]2ON(C(Cl)Cl)C[C@H]2CF)cc1. The highest BCUT2D eigenvalue weighted by molar-refractivity contribution is 7.90. The molecule has 0 radical (unpaired) electrons. The fourth-order valence-corrected chi connectivity index (χ4v) is 2.98. The summed E-state index contributed by atoms with van der Waals surface area (Å²) in [6.07, 6.45) is 0.611. The Bertz CT molecular complexity index is 565. The number of benzene rings is 1. The zero-order chi connectivity index (χ0) is 14.9. The predicted octanol–water partition coefficient (Wildman–Crippen LogP) is 2.73. The highest BCUT2D eigenvalue weighted by atomic mass is 35.5. The van der Waals surface area contributed by atoms with Crippen LogP contribution in [0.15, 0.2) is 29.2 Å². The number of rotatable bonds is 4. The van der Waals surface area contributed by atoms with E-state index in [2.05, 4.69) is 0 Å². The largest absolute Gasteiger partial charge is 0.288 e. The van der Waals surface area contributed by atoms with Crippen molar-refractivity contribution >= 4 is 33.0 Å². The van der Waals surface area contributed by atoms with Gasteiger partial charge in [0.15, 0.2) is 14.8 Å². The molecule has 2 rings (SSSR count). The van der Waals surface area contributed by atoms with Gasteiger partial charge in [-0.15, -0.1) is 0 Å². The van der Waals surface area contributed by atoms with Crippen molar-refractivity contribution in [3.05, 3.63) is 29.8 Å². The van der Waals surface area contributed by atoms with Gasteiger partial charge in [0.05, 0.1) is 11.6 Å². The summed E-state index contributed by atoms with van der Waals surface area (Å²) < 4.78 is 35.8. The van der Waals surface area contributed by atoms with Crippen LogP contribution in [0.2, 0.25) is 0 Å². The topological polar surface area (TPSA) is 46.6 Å². The van der Waals surface area contributed by atoms with E-state index >= 15 is 0 Å². The van der Waals surface area contributed by atoms with E-state index in [1.54, 1.807) is 12.1 Å². The summed E-state index contributed by atoms with van der Waals surface area (Å²) in [5.41, 5.74) is 0.691. The van der Waals surface area contributed by atoms with E-state index in [0.29, 0.717) is 5.56 Å². The second-order valence-electron chi connectivity index (χ2n) is 4.66. The van der Waals surface area contributed by atoms with Crippen molar-refractivity contribution in [1.82, 2.24) is 5.06 Å². The monoisotopic (exact) mass is 341 g/mol. The van der Waals surface area contributed by atoms with Crippen LogP contribution in [0.1, 0.15) is 11.7 Å². The van der Waals surface area contributed by atoms with Gasteiger partial charge in [0.1, 0.15) is 6.10 Å². The van der Waals surface area contributed by atoms with Crippen molar-refractivity contribution < 1.29 is 17.6 Å².